The van der Waals surface area contributed by atoms with E-state index in [1.54, 1.807) is 11.3 Å². The van der Waals surface area contributed by atoms with Crippen molar-refractivity contribution >= 4 is 50.8 Å². The van der Waals surface area contributed by atoms with Crippen LogP contribution in [0.1, 0.15) is 17.4 Å². The van der Waals surface area contributed by atoms with Crippen molar-refractivity contribution in [1.82, 2.24) is 9.97 Å². The van der Waals surface area contributed by atoms with Gasteiger partial charge in [-0.1, -0.05) is 24.6 Å². The highest BCUT2D eigenvalue weighted by molar-refractivity contribution is 7.20. The molecule has 2 nitrogen and oxygen atoms in total. The number of aromatic nitrogens is 2. The van der Waals surface area contributed by atoms with E-state index in [-0.39, 0.29) is 5.28 Å². The van der Waals surface area contributed by atoms with Crippen LogP contribution in [0.2, 0.25) is 10.4 Å². The zero-order valence-electron chi connectivity index (χ0n) is 8.50. The smallest absolute Gasteiger partial charge is 0.217 e. The maximum absolute atomic E-state index is 6.07. The first kappa shape index (κ1) is 10.5. The van der Waals surface area contributed by atoms with Crippen molar-refractivity contribution in [2.45, 2.75) is 13.3 Å². The topological polar surface area (TPSA) is 25.8 Å². The summed E-state index contributed by atoms with van der Waals surface area (Å²) in [6.07, 6.45) is 5.34. The Morgan fingerprint density at radius 3 is 3.00 bits per heavy atom. The molecule has 0 radical (unpaired) electrons. The summed E-state index contributed by atoms with van der Waals surface area (Å²) in [4.78, 5) is 9.49. The Hall–Kier alpha value is -0.640. The number of thiophene rings is 1. The second-order valence-corrected chi connectivity index (χ2v) is 5.69. The van der Waals surface area contributed by atoms with E-state index < -0.39 is 0 Å². The first-order valence-corrected chi connectivity index (χ1v) is 6.55. The highest BCUT2D eigenvalue weighted by atomic mass is 35.5. The molecule has 0 amide bonds. The molecule has 0 spiro atoms. The molecule has 1 atom stereocenters. The summed E-state index contributed by atoms with van der Waals surface area (Å²) >= 11 is 13.5. The molecule has 0 N–H and O–H groups in total. The Bertz CT molecular complexity index is 604. The summed E-state index contributed by atoms with van der Waals surface area (Å²) in [6, 6.07) is 0. The summed E-state index contributed by atoms with van der Waals surface area (Å²) in [5.74, 6) is 0.540. The van der Waals surface area contributed by atoms with Gasteiger partial charge < -0.3 is 0 Å². The molecule has 5 heteroatoms. The van der Waals surface area contributed by atoms with Crippen LogP contribution in [0.25, 0.3) is 16.3 Å². The maximum atomic E-state index is 6.07. The number of fused-ring (bicyclic) bond motifs is 3. The van der Waals surface area contributed by atoms with Gasteiger partial charge >= 0.3 is 0 Å². The fourth-order valence-electron chi connectivity index (χ4n) is 1.95. The standard InChI is InChI=1S/C11H8Cl2N2S/c1-5-2-3-7-6(4-5)8-9(16-7)10(12)15-11(13)14-8/h2-3,5H,4H2,1H3. The van der Waals surface area contributed by atoms with Crippen LogP contribution >= 0.6 is 34.5 Å². The lowest BCUT2D eigenvalue weighted by atomic mass is 9.95. The zero-order valence-corrected chi connectivity index (χ0v) is 10.8. The molecule has 16 heavy (non-hydrogen) atoms. The van der Waals surface area contributed by atoms with Gasteiger partial charge in [-0.25, -0.2) is 9.97 Å². The molecule has 1 unspecified atom stereocenters. The van der Waals surface area contributed by atoms with Crippen LogP contribution in [-0.2, 0) is 6.42 Å². The molecule has 0 aliphatic heterocycles. The second-order valence-electron chi connectivity index (χ2n) is 3.95. The molecule has 0 aromatic carbocycles. The van der Waals surface area contributed by atoms with Gasteiger partial charge in [0.25, 0.3) is 0 Å². The molecule has 0 saturated heterocycles. The lowest BCUT2D eigenvalue weighted by Gasteiger charge is -2.11. The Balaban J connectivity index is 2.36. The van der Waals surface area contributed by atoms with Crippen molar-refractivity contribution < 1.29 is 0 Å². The van der Waals surface area contributed by atoms with Crippen LogP contribution in [0, 0.1) is 5.92 Å². The Morgan fingerprint density at radius 2 is 2.19 bits per heavy atom. The molecule has 82 valence electrons. The van der Waals surface area contributed by atoms with Gasteiger partial charge in [-0.15, -0.1) is 11.3 Å². The van der Waals surface area contributed by atoms with E-state index in [1.807, 2.05) is 0 Å². The minimum Gasteiger partial charge on any atom is -0.217 e. The molecular weight excluding hydrogens is 263 g/mol. The number of rotatable bonds is 0. The third kappa shape index (κ3) is 1.54. The number of allylic oxidation sites excluding steroid dienone is 1. The molecule has 0 saturated carbocycles. The van der Waals surface area contributed by atoms with E-state index in [9.17, 15) is 0 Å². The van der Waals surface area contributed by atoms with Gasteiger partial charge in [-0.3, -0.25) is 0 Å². The van der Waals surface area contributed by atoms with Crippen molar-refractivity contribution in [3.8, 4) is 0 Å². The SMILES string of the molecule is CC1C=Cc2sc3c(Cl)nc(Cl)nc3c2C1. The summed E-state index contributed by atoms with van der Waals surface area (Å²) in [6.45, 7) is 2.19. The van der Waals surface area contributed by atoms with Gasteiger partial charge in [0.15, 0.2) is 5.15 Å². The summed E-state index contributed by atoms with van der Waals surface area (Å²) in [7, 11) is 0. The minimum atomic E-state index is 0.223. The van der Waals surface area contributed by atoms with Crippen molar-refractivity contribution in [2.75, 3.05) is 0 Å². The van der Waals surface area contributed by atoms with E-state index in [4.69, 9.17) is 23.2 Å². The third-order valence-corrected chi connectivity index (χ3v) is 4.44. The summed E-state index contributed by atoms with van der Waals surface area (Å²) < 4.78 is 0.940. The molecule has 1 aliphatic carbocycles. The van der Waals surface area contributed by atoms with E-state index >= 15 is 0 Å². The van der Waals surface area contributed by atoms with Gasteiger partial charge in [0.2, 0.25) is 5.28 Å². The van der Waals surface area contributed by atoms with Gasteiger partial charge in [-0.2, -0.15) is 0 Å². The van der Waals surface area contributed by atoms with Crippen LogP contribution in [0.3, 0.4) is 0 Å². The van der Waals surface area contributed by atoms with E-state index in [1.165, 1.54) is 10.4 Å². The monoisotopic (exact) mass is 270 g/mol. The van der Waals surface area contributed by atoms with E-state index in [0.29, 0.717) is 11.1 Å². The van der Waals surface area contributed by atoms with Crippen molar-refractivity contribution in [3.05, 3.63) is 27.0 Å². The lowest BCUT2D eigenvalue weighted by molar-refractivity contribution is 0.723. The molecule has 1 aliphatic rings. The van der Waals surface area contributed by atoms with Gasteiger partial charge in [0.1, 0.15) is 0 Å². The summed E-state index contributed by atoms with van der Waals surface area (Å²) in [5.41, 5.74) is 2.17. The number of hydrogen-bond acceptors (Lipinski definition) is 3. The molecule has 2 aromatic heterocycles. The quantitative estimate of drug-likeness (QED) is 0.530. The fraction of sp³-hybridized carbons (Fsp3) is 0.273. The number of hydrogen-bond donors (Lipinski definition) is 0. The van der Waals surface area contributed by atoms with Gasteiger partial charge in [-0.05, 0) is 35.6 Å². The lowest BCUT2D eigenvalue weighted by Crippen LogP contribution is -2.01. The molecule has 0 fully saturated rings. The Morgan fingerprint density at radius 1 is 1.38 bits per heavy atom. The van der Waals surface area contributed by atoms with Crippen LogP contribution in [0.4, 0.5) is 0 Å². The largest absolute Gasteiger partial charge is 0.224 e. The molecular formula is C11H8Cl2N2S. The molecule has 2 aromatic rings. The van der Waals surface area contributed by atoms with Crippen LogP contribution in [0.15, 0.2) is 6.08 Å². The third-order valence-electron chi connectivity index (χ3n) is 2.69. The molecule has 3 rings (SSSR count). The average Bonchev–Trinajstić information content (AvgIpc) is 2.57. The Kier molecular flexibility index (Phi) is 2.42. The zero-order chi connectivity index (χ0) is 11.3. The van der Waals surface area contributed by atoms with Gasteiger partial charge in [0, 0.05) is 4.88 Å². The summed E-state index contributed by atoms with van der Waals surface area (Å²) in [5, 5.41) is 0.677. The predicted octanol–water partition coefficient (Wildman–Crippen LogP) is 4.20. The Labute approximate surface area is 107 Å². The van der Waals surface area contributed by atoms with E-state index in [2.05, 4.69) is 29.0 Å². The molecule has 0 bridgehead atoms. The molecule has 2 heterocycles. The highest BCUT2D eigenvalue weighted by Crippen LogP contribution is 2.38. The van der Waals surface area contributed by atoms with Gasteiger partial charge in [0.05, 0.1) is 10.2 Å². The van der Waals surface area contributed by atoms with Crippen molar-refractivity contribution in [3.63, 3.8) is 0 Å². The average molecular weight is 271 g/mol. The number of nitrogens with zero attached hydrogens (tertiary/aromatic N) is 2. The maximum Gasteiger partial charge on any atom is 0.224 e. The minimum absolute atomic E-state index is 0.223. The highest BCUT2D eigenvalue weighted by Gasteiger charge is 2.19. The van der Waals surface area contributed by atoms with Crippen LogP contribution in [0.5, 0.6) is 0 Å². The fourth-order valence-corrected chi connectivity index (χ4v) is 3.52. The normalized spacial score (nSPS) is 19.1. The van der Waals surface area contributed by atoms with Crippen molar-refractivity contribution in [1.29, 1.82) is 0 Å². The first-order chi connectivity index (χ1) is 7.65. The van der Waals surface area contributed by atoms with Crippen LogP contribution < -0.4 is 0 Å². The number of halogens is 2. The second kappa shape index (κ2) is 3.69. The predicted molar refractivity (Wildman–Crippen MR) is 69.3 cm³/mol. The van der Waals surface area contributed by atoms with Crippen LogP contribution in [-0.4, -0.2) is 9.97 Å². The van der Waals surface area contributed by atoms with Crippen molar-refractivity contribution in [2.24, 2.45) is 5.92 Å². The first-order valence-electron chi connectivity index (χ1n) is 4.98. The van der Waals surface area contributed by atoms with E-state index in [0.717, 1.165) is 16.6 Å².